The molecule has 0 aliphatic carbocycles. The van der Waals surface area contributed by atoms with E-state index >= 15 is 0 Å². The molecule has 2 aliphatic rings. The molecule has 2 heterocycles. The molecule has 0 N–H and O–H groups in total. The number of ether oxygens (including phenoxy) is 5. The van der Waals surface area contributed by atoms with E-state index in [9.17, 15) is 9.59 Å². The summed E-state index contributed by atoms with van der Waals surface area (Å²) in [5.74, 6) is -0.996. The van der Waals surface area contributed by atoms with Crippen molar-refractivity contribution in [2.75, 3.05) is 13.2 Å². The molecule has 7 nitrogen and oxygen atoms in total. The molecule has 152 valence electrons. The molecule has 0 spiro atoms. The molecule has 0 radical (unpaired) electrons. The summed E-state index contributed by atoms with van der Waals surface area (Å²) in [5, 5.41) is 0. The van der Waals surface area contributed by atoms with Gasteiger partial charge in [0.05, 0.1) is 18.8 Å². The van der Waals surface area contributed by atoms with Gasteiger partial charge >= 0.3 is 11.9 Å². The largest absolute Gasteiger partial charge is 0.456 e. The predicted octanol–water partition coefficient (Wildman–Crippen LogP) is 2.66. The first kappa shape index (κ1) is 19.6. The number of fused-ring (bicyclic) bond motifs is 1. The van der Waals surface area contributed by atoms with Crippen LogP contribution in [0.25, 0.3) is 0 Å². The first-order valence-electron chi connectivity index (χ1n) is 9.48. The lowest BCUT2D eigenvalue weighted by atomic mass is 9.98. The van der Waals surface area contributed by atoms with Crippen LogP contribution in [-0.4, -0.2) is 49.6 Å². The molecule has 5 unspecified atom stereocenters. The smallest absolute Gasteiger partial charge is 0.338 e. The molecule has 2 aromatic rings. The van der Waals surface area contributed by atoms with E-state index in [2.05, 4.69) is 0 Å². The van der Waals surface area contributed by atoms with Gasteiger partial charge in [-0.05, 0) is 12.1 Å². The molecule has 0 bridgehead atoms. The lowest BCUT2D eigenvalue weighted by Gasteiger charge is -2.45. The van der Waals surface area contributed by atoms with E-state index in [-0.39, 0.29) is 13.2 Å². The minimum Gasteiger partial charge on any atom is -0.456 e. The van der Waals surface area contributed by atoms with Crippen molar-refractivity contribution in [1.82, 2.24) is 0 Å². The van der Waals surface area contributed by atoms with Crippen LogP contribution in [0.1, 0.15) is 29.1 Å². The Morgan fingerprint density at radius 1 is 0.897 bits per heavy atom. The second kappa shape index (κ2) is 8.73. The molecule has 0 amide bonds. The number of carbonyl (C=O) groups excluding carboxylic acids is 2. The van der Waals surface area contributed by atoms with Crippen molar-refractivity contribution in [1.29, 1.82) is 0 Å². The minimum absolute atomic E-state index is 0.0935. The molecule has 0 aromatic heterocycles. The minimum atomic E-state index is -0.819. The van der Waals surface area contributed by atoms with Crippen molar-refractivity contribution >= 4 is 11.9 Å². The topological polar surface area (TPSA) is 80.3 Å². The van der Waals surface area contributed by atoms with Crippen LogP contribution >= 0.6 is 0 Å². The fourth-order valence-electron chi connectivity index (χ4n) is 3.51. The molecule has 2 aliphatic heterocycles. The summed E-state index contributed by atoms with van der Waals surface area (Å²) in [7, 11) is 0. The Hall–Kier alpha value is -2.74. The molecule has 29 heavy (non-hydrogen) atoms. The van der Waals surface area contributed by atoms with Gasteiger partial charge in [0.2, 0.25) is 0 Å². The molecule has 0 saturated carbocycles. The van der Waals surface area contributed by atoms with E-state index in [1.807, 2.05) is 36.4 Å². The van der Waals surface area contributed by atoms with Crippen LogP contribution in [0.3, 0.4) is 0 Å². The summed E-state index contributed by atoms with van der Waals surface area (Å²) in [6, 6.07) is 18.1. The SMILES string of the molecule is CC(=O)OC1COC2COC(c3ccccc3)OC2C1OC(=O)c1ccccc1. The second-order valence-electron chi connectivity index (χ2n) is 6.93. The monoisotopic (exact) mass is 398 g/mol. The Kier molecular flexibility index (Phi) is 5.89. The van der Waals surface area contributed by atoms with Gasteiger partial charge in [0.25, 0.3) is 0 Å². The van der Waals surface area contributed by atoms with E-state index in [0.29, 0.717) is 5.56 Å². The van der Waals surface area contributed by atoms with E-state index < -0.39 is 42.6 Å². The lowest BCUT2D eigenvalue weighted by Crippen LogP contribution is -2.60. The predicted molar refractivity (Wildman–Crippen MR) is 101 cm³/mol. The van der Waals surface area contributed by atoms with Gasteiger partial charge < -0.3 is 23.7 Å². The zero-order chi connectivity index (χ0) is 20.2. The van der Waals surface area contributed by atoms with Crippen LogP contribution < -0.4 is 0 Å². The summed E-state index contributed by atoms with van der Waals surface area (Å²) in [6.07, 6.45) is -3.29. The molecule has 2 aromatic carbocycles. The van der Waals surface area contributed by atoms with Crippen LogP contribution in [0, 0.1) is 0 Å². The summed E-state index contributed by atoms with van der Waals surface area (Å²) < 4.78 is 28.8. The van der Waals surface area contributed by atoms with Crippen molar-refractivity contribution in [3.63, 3.8) is 0 Å². The zero-order valence-electron chi connectivity index (χ0n) is 15.9. The number of esters is 2. The molecular formula is C22H22O7. The van der Waals surface area contributed by atoms with E-state index in [1.54, 1.807) is 24.3 Å². The Morgan fingerprint density at radius 2 is 1.59 bits per heavy atom. The standard InChI is InChI=1S/C22H22O7/c1-14(23)27-18-13-25-17-12-26-22(16-10-6-3-7-11-16)29-19(17)20(18)28-21(24)15-8-4-2-5-9-15/h2-11,17-20,22H,12-13H2,1H3. The number of hydrogen-bond donors (Lipinski definition) is 0. The second-order valence-corrected chi connectivity index (χ2v) is 6.93. The van der Waals surface area contributed by atoms with Gasteiger partial charge in [0.1, 0.15) is 12.2 Å². The van der Waals surface area contributed by atoms with Crippen LogP contribution in [-0.2, 0) is 28.5 Å². The van der Waals surface area contributed by atoms with Crippen molar-refractivity contribution in [2.24, 2.45) is 0 Å². The number of rotatable bonds is 4. The average Bonchev–Trinajstić information content (AvgIpc) is 2.76. The zero-order valence-corrected chi connectivity index (χ0v) is 15.9. The molecule has 4 rings (SSSR count). The van der Waals surface area contributed by atoms with Crippen molar-refractivity contribution in [3.8, 4) is 0 Å². The summed E-state index contributed by atoms with van der Waals surface area (Å²) in [4.78, 5) is 24.3. The summed E-state index contributed by atoms with van der Waals surface area (Å²) in [6.45, 7) is 1.67. The molecule has 7 heteroatoms. The Bertz CT molecular complexity index is 839. The van der Waals surface area contributed by atoms with Crippen molar-refractivity contribution in [3.05, 3.63) is 71.8 Å². The lowest BCUT2D eigenvalue weighted by molar-refractivity contribution is -0.314. The highest BCUT2D eigenvalue weighted by Gasteiger charge is 2.49. The van der Waals surface area contributed by atoms with Gasteiger partial charge in [-0.3, -0.25) is 4.79 Å². The molecule has 2 saturated heterocycles. The summed E-state index contributed by atoms with van der Waals surface area (Å²) in [5.41, 5.74) is 1.25. The maximum Gasteiger partial charge on any atom is 0.338 e. The highest BCUT2D eigenvalue weighted by atomic mass is 16.7. The van der Waals surface area contributed by atoms with Gasteiger partial charge in [-0.15, -0.1) is 0 Å². The molecular weight excluding hydrogens is 376 g/mol. The normalized spacial score (nSPS) is 28.8. The van der Waals surface area contributed by atoms with Gasteiger partial charge in [-0.2, -0.15) is 0 Å². The highest BCUT2D eigenvalue weighted by molar-refractivity contribution is 5.89. The molecule has 2 fully saturated rings. The first-order chi connectivity index (χ1) is 14.1. The van der Waals surface area contributed by atoms with Crippen LogP contribution in [0.4, 0.5) is 0 Å². The fourth-order valence-corrected chi connectivity index (χ4v) is 3.51. The third-order valence-corrected chi connectivity index (χ3v) is 4.87. The first-order valence-corrected chi connectivity index (χ1v) is 9.48. The Labute approximate surface area is 168 Å². The van der Waals surface area contributed by atoms with Crippen molar-refractivity contribution in [2.45, 2.75) is 37.6 Å². The maximum atomic E-state index is 12.7. The van der Waals surface area contributed by atoms with Crippen molar-refractivity contribution < 1.29 is 33.3 Å². The van der Waals surface area contributed by atoms with Crippen LogP contribution in [0.2, 0.25) is 0 Å². The maximum absolute atomic E-state index is 12.7. The Morgan fingerprint density at radius 3 is 2.28 bits per heavy atom. The van der Waals surface area contributed by atoms with Gasteiger partial charge in [-0.25, -0.2) is 4.79 Å². The fraction of sp³-hybridized carbons (Fsp3) is 0.364. The number of benzene rings is 2. The van der Waals surface area contributed by atoms with Crippen LogP contribution in [0.15, 0.2) is 60.7 Å². The third kappa shape index (κ3) is 4.48. The highest BCUT2D eigenvalue weighted by Crippen LogP contribution is 2.34. The molecule has 5 atom stereocenters. The third-order valence-electron chi connectivity index (χ3n) is 4.87. The van der Waals surface area contributed by atoms with E-state index in [4.69, 9.17) is 23.7 Å². The Balaban J connectivity index is 1.57. The van der Waals surface area contributed by atoms with Gasteiger partial charge in [0.15, 0.2) is 18.5 Å². The number of hydrogen-bond acceptors (Lipinski definition) is 7. The van der Waals surface area contributed by atoms with Crippen LogP contribution in [0.5, 0.6) is 0 Å². The van der Waals surface area contributed by atoms with E-state index in [1.165, 1.54) is 6.92 Å². The average molecular weight is 398 g/mol. The summed E-state index contributed by atoms with van der Waals surface area (Å²) >= 11 is 0. The number of carbonyl (C=O) groups is 2. The quantitative estimate of drug-likeness (QED) is 0.733. The van der Waals surface area contributed by atoms with E-state index in [0.717, 1.165) is 5.56 Å². The van der Waals surface area contributed by atoms with Gasteiger partial charge in [-0.1, -0.05) is 48.5 Å². The van der Waals surface area contributed by atoms with Gasteiger partial charge in [0, 0.05) is 12.5 Å².